The highest BCUT2D eigenvalue weighted by Gasteiger charge is 2.24. The summed E-state index contributed by atoms with van der Waals surface area (Å²) in [7, 11) is 3.20. The number of nitrogens with one attached hydrogen (secondary N) is 1. The fraction of sp³-hybridized carbons (Fsp3) is 0.273. The fourth-order valence-electron chi connectivity index (χ4n) is 3.75. The van der Waals surface area contributed by atoms with Crippen molar-refractivity contribution in [2.24, 2.45) is 0 Å². The molecule has 0 amide bonds. The average molecular weight is 453 g/mol. The van der Waals surface area contributed by atoms with E-state index in [2.05, 4.69) is 61.5 Å². The Morgan fingerprint density at radius 1 is 1.14 bits per heavy atom. The van der Waals surface area contributed by atoms with Crippen molar-refractivity contribution in [1.82, 2.24) is 10.3 Å². The predicted molar refractivity (Wildman–Crippen MR) is 117 cm³/mol. The number of nitriles is 1. The van der Waals surface area contributed by atoms with Crippen molar-refractivity contribution in [1.29, 1.82) is 5.26 Å². The van der Waals surface area contributed by atoms with Gasteiger partial charge in [-0.25, -0.2) is 4.98 Å². The second-order valence-electron chi connectivity index (χ2n) is 6.86. The van der Waals surface area contributed by atoms with Crippen LogP contribution in [0.15, 0.2) is 47.1 Å². The second-order valence-corrected chi connectivity index (χ2v) is 7.78. The average Bonchev–Trinajstić information content (AvgIpc) is 2.77. The van der Waals surface area contributed by atoms with Gasteiger partial charge in [-0.15, -0.1) is 0 Å². The zero-order valence-corrected chi connectivity index (χ0v) is 17.9. The molecule has 148 valence electrons. The van der Waals surface area contributed by atoms with Crippen LogP contribution in [0.4, 0.5) is 5.82 Å². The molecule has 1 N–H and O–H groups in total. The highest BCUT2D eigenvalue weighted by atomic mass is 79.9. The van der Waals surface area contributed by atoms with E-state index < -0.39 is 0 Å². The van der Waals surface area contributed by atoms with E-state index in [4.69, 9.17) is 9.47 Å². The van der Waals surface area contributed by atoms with Crippen molar-refractivity contribution in [3.05, 3.63) is 58.2 Å². The lowest BCUT2D eigenvalue weighted by Crippen LogP contribution is -2.46. The van der Waals surface area contributed by atoms with Crippen molar-refractivity contribution in [2.45, 2.75) is 6.04 Å². The van der Waals surface area contributed by atoms with Gasteiger partial charge in [0.15, 0.2) is 11.5 Å². The summed E-state index contributed by atoms with van der Waals surface area (Å²) < 4.78 is 12.0. The number of methoxy groups -OCH3 is 2. The van der Waals surface area contributed by atoms with Gasteiger partial charge in [0, 0.05) is 47.1 Å². The number of hydrogen-bond acceptors (Lipinski definition) is 6. The van der Waals surface area contributed by atoms with Crippen LogP contribution in [0.25, 0.3) is 10.8 Å². The maximum absolute atomic E-state index is 9.55. The van der Waals surface area contributed by atoms with E-state index in [0.717, 1.165) is 40.7 Å². The molecule has 7 heteroatoms. The summed E-state index contributed by atoms with van der Waals surface area (Å²) in [5.41, 5.74) is 1.75. The van der Waals surface area contributed by atoms with Crippen LogP contribution in [-0.4, -0.2) is 38.8 Å². The molecule has 2 aromatic carbocycles. The molecular weight excluding hydrogens is 432 g/mol. The Labute approximate surface area is 178 Å². The Bertz CT molecular complexity index is 1080. The first-order valence-corrected chi connectivity index (χ1v) is 10.1. The number of benzene rings is 2. The lowest BCUT2D eigenvalue weighted by Gasteiger charge is -2.35. The Morgan fingerprint density at radius 3 is 2.48 bits per heavy atom. The summed E-state index contributed by atoms with van der Waals surface area (Å²) in [6, 6.07) is 14.6. The highest BCUT2D eigenvalue weighted by molar-refractivity contribution is 9.10. The van der Waals surface area contributed by atoms with Crippen molar-refractivity contribution in [2.75, 3.05) is 38.8 Å². The molecule has 29 heavy (non-hydrogen) atoms. The van der Waals surface area contributed by atoms with Crippen LogP contribution in [0, 0.1) is 11.3 Å². The van der Waals surface area contributed by atoms with Gasteiger partial charge in [-0.1, -0.05) is 28.1 Å². The van der Waals surface area contributed by atoms with Crippen LogP contribution < -0.4 is 19.7 Å². The first kappa shape index (κ1) is 19.5. The van der Waals surface area contributed by atoms with Crippen molar-refractivity contribution in [3.8, 4) is 17.6 Å². The van der Waals surface area contributed by atoms with Crippen molar-refractivity contribution < 1.29 is 9.47 Å². The molecule has 1 atom stereocenters. The van der Waals surface area contributed by atoms with Gasteiger partial charge in [0.1, 0.15) is 11.9 Å². The SMILES string of the molecule is COc1cc2c(C#N)cnc(N3CCNC(c4ccc(Br)cc4)C3)c2cc1OC. The molecule has 4 rings (SSSR count). The van der Waals surface area contributed by atoms with E-state index in [1.54, 1.807) is 20.4 Å². The molecule has 1 aliphatic heterocycles. The van der Waals surface area contributed by atoms with E-state index in [9.17, 15) is 5.26 Å². The van der Waals surface area contributed by atoms with Gasteiger partial charge >= 0.3 is 0 Å². The molecule has 1 fully saturated rings. The van der Waals surface area contributed by atoms with Crippen LogP contribution in [0.3, 0.4) is 0 Å². The largest absolute Gasteiger partial charge is 0.493 e. The molecule has 0 bridgehead atoms. The van der Waals surface area contributed by atoms with Crippen LogP contribution >= 0.6 is 15.9 Å². The molecule has 6 nitrogen and oxygen atoms in total. The summed E-state index contributed by atoms with van der Waals surface area (Å²) in [4.78, 5) is 6.91. The zero-order chi connectivity index (χ0) is 20.4. The summed E-state index contributed by atoms with van der Waals surface area (Å²) in [5, 5.41) is 14.8. The van der Waals surface area contributed by atoms with Crippen LogP contribution in [0.2, 0.25) is 0 Å². The quantitative estimate of drug-likeness (QED) is 0.643. The minimum absolute atomic E-state index is 0.199. The van der Waals surface area contributed by atoms with E-state index >= 15 is 0 Å². The number of nitrogens with zero attached hydrogens (tertiary/aromatic N) is 3. The Balaban J connectivity index is 1.76. The zero-order valence-electron chi connectivity index (χ0n) is 16.3. The number of hydrogen-bond donors (Lipinski definition) is 1. The van der Waals surface area contributed by atoms with Gasteiger partial charge in [-0.05, 0) is 29.8 Å². The number of halogens is 1. The molecule has 1 saturated heterocycles. The number of rotatable bonds is 4. The lowest BCUT2D eigenvalue weighted by molar-refractivity contribution is 0.356. The summed E-state index contributed by atoms with van der Waals surface area (Å²) >= 11 is 3.49. The fourth-order valence-corrected chi connectivity index (χ4v) is 4.02. The molecule has 1 aliphatic rings. The summed E-state index contributed by atoms with van der Waals surface area (Å²) in [6.45, 7) is 2.45. The van der Waals surface area contributed by atoms with Crippen LogP contribution in [-0.2, 0) is 0 Å². The summed E-state index contributed by atoms with van der Waals surface area (Å²) in [5.74, 6) is 2.07. The van der Waals surface area contributed by atoms with Gasteiger partial charge in [0.2, 0.25) is 0 Å². The minimum Gasteiger partial charge on any atom is -0.493 e. The van der Waals surface area contributed by atoms with E-state index in [1.165, 1.54) is 5.56 Å². The van der Waals surface area contributed by atoms with Crippen LogP contribution in [0.1, 0.15) is 17.2 Å². The molecule has 0 saturated carbocycles. The number of pyridine rings is 1. The van der Waals surface area contributed by atoms with Crippen molar-refractivity contribution in [3.63, 3.8) is 0 Å². The van der Waals surface area contributed by atoms with Gasteiger partial charge < -0.3 is 19.7 Å². The molecule has 0 aliphatic carbocycles. The summed E-state index contributed by atoms with van der Waals surface area (Å²) in [6.07, 6.45) is 1.64. The number of aromatic nitrogens is 1. The first-order valence-electron chi connectivity index (χ1n) is 9.33. The standard InChI is InChI=1S/C22H21BrN4O2/c1-28-20-9-17-15(11-24)12-26-22(18(17)10-21(20)29-2)27-8-7-25-19(13-27)14-3-5-16(23)6-4-14/h3-6,9-10,12,19,25H,7-8,13H2,1-2H3. The topological polar surface area (TPSA) is 70.4 Å². The molecule has 0 spiro atoms. The lowest BCUT2D eigenvalue weighted by atomic mass is 10.0. The second kappa shape index (κ2) is 8.27. The van der Waals surface area contributed by atoms with Crippen LogP contribution in [0.5, 0.6) is 11.5 Å². The Morgan fingerprint density at radius 2 is 1.83 bits per heavy atom. The van der Waals surface area contributed by atoms with Gasteiger partial charge in [-0.3, -0.25) is 0 Å². The molecule has 1 unspecified atom stereocenters. The monoisotopic (exact) mass is 452 g/mol. The Hall–Kier alpha value is -2.82. The highest BCUT2D eigenvalue weighted by Crippen LogP contribution is 2.37. The Kier molecular flexibility index (Phi) is 5.56. The van der Waals surface area contributed by atoms with Crippen molar-refractivity contribution >= 4 is 32.5 Å². The molecule has 1 aromatic heterocycles. The molecule has 3 aromatic rings. The smallest absolute Gasteiger partial charge is 0.161 e. The molecule has 0 radical (unpaired) electrons. The third kappa shape index (κ3) is 3.74. The number of ether oxygens (including phenoxy) is 2. The van der Waals surface area contributed by atoms with E-state index in [-0.39, 0.29) is 6.04 Å². The minimum atomic E-state index is 0.199. The third-order valence-corrected chi connectivity index (χ3v) is 5.77. The third-order valence-electron chi connectivity index (χ3n) is 5.24. The maximum Gasteiger partial charge on any atom is 0.161 e. The molecule has 2 heterocycles. The van der Waals surface area contributed by atoms with Gasteiger partial charge in [-0.2, -0.15) is 5.26 Å². The predicted octanol–water partition coefficient (Wildman–Crippen LogP) is 4.04. The maximum atomic E-state index is 9.55. The molecular formula is C22H21BrN4O2. The van der Waals surface area contributed by atoms with Gasteiger partial charge in [0.05, 0.1) is 19.8 Å². The number of fused-ring (bicyclic) bond motifs is 1. The van der Waals surface area contributed by atoms with E-state index in [0.29, 0.717) is 17.1 Å². The first-order chi connectivity index (χ1) is 14.1. The van der Waals surface area contributed by atoms with Gasteiger partial charge in [0.25, 0.3) is 0 Å². The number of anilines is 1. The van der Waals surface area contributed by atoms with E-state index in [1.807, 2.05) is 12.1 Å². The normalized spacial score (nSPS) is 16.5. The number of piperazine rings is 1.